The maximum Gasteiger partial charge on any atom is 0.407 e. The van der Waals surface area contributed by atoms with Crippen LogP contribution in [0.3, 0.4) is 0 Å². The molecule has 0 fully saturated rings. The highest BCUT2D eigenvalue weighted by Crippen LogP contribution is 2.12. The first-order valence-corrected chi connectivity index (χ1v) is 8.17. The third-order valence-electron chi connectivity index (χ3n) is 3.56. The lowest BCUT2D eigenvalue weighted by Crippen LogP contribution is -2.56. The lowest BCUT2D eigenvalue weighted by Gasteiger charge is -2.34. The molecule has 0 aromatic rings. The number of methoxy groups -OCH3 is 1. The standard InChI is InChI=1S/C16H34N2O5/c1-6-16(11-19,12-20)18-13(10-22-5)8-7-9-17-14(21)23-15(2,3)4/h13,18-20H,6-12H2,1-5H3,(H,17,21). The summed E-state index contributed by atoms with van der Waals surface area (Å²) < 4.78 is 10.4. The molecule has 0 aromatic heterocycles. The largest absolute Gasteiger partial charge is 0.444 e. The van der Waals surface area contributed by atoms with Crippen LogP contribution in [0.2, 0.25) is 0 Å². The highest BCUT2D eigenvalue weighted by molar-refractivity contribution is 5.67. The number of amides is 1. The van der Waals surface area contributed by atoms with Crippen LogP contribution in [0.1, 0.15) is 47.0 Å². The van der Waals surface area contributed by atoms with E-state index in [0.29, 0.717) is 19.6 Å². The van der Waals surface area contributed by atoms with E-state index in [1.807, 2.05) is 27.7 Å². The molecular formula is C16H34N2O5. The second-order valence-electron chi connectivity index (χ2n) is 6.82. The van der Waals surface area contributed by atoms with E-state index in [4.69, 9.17) is 9.47 Å². The van der Waals surface area contributed by atoms with Crippen molar-refractivity contribution in [2.45, 2.75) is 64.1 Å². The number of aliphatic hydroxyl groups excluding tert-OH is 2. The van der Waals surface area contributed by atoms with E-state index < -0.39 is 17.2 Å². The Balaban J connectivity index is 4.27. The molecule has 0 saturated carbocycles. The van der Waals surface area contributed by atoms with Crippen molar-refractivity contribution < 1.29 is 24.5 Å². The number of alkyl carbamates (subject to hydrolysis) is 1. The Hall–Kier alpha value is -0.890. The molecule has 1 unspecified atom stereocenters. The van der Waals surface area contributed by atoms with Crippen molar-refractivity contribution in [3.63, 3.8) is 0 Å². The molecule has 7 nitrogen and oxygen atoms in total. The van der Waals surface area contributed by atoms with E-state index in [1.54, 1.807) is 7.11 Å². The highest BCUT2D eigenvalue weighted by atomic mass is 16.6. The van der Waals surface area contributed by atoms with Gasteiger partial charge in [0.25, 0.3) is 0 Å². The van der Waals surface area contributed by atoms with E-state index in [9.17, 15) is 15.0 Å². The van der Waals surface area contributed by atoms with E-state index in [0.717, 1.165) is 12.8 Å². The number of nitrogens with one attached hydrogen (secondary N) is 2. The second-order valence-corrected chi connectivity index (χ2v) is 6.82. The van der Waals surface area contributed by atoms with Crippen LogP contribution in [0.25, 0.3) is 0 Å². The Morgan fingerprint density at radius 1 is 1.22 bits per heavy atom. The molecule has 138 valence electrons. The molecule has 23 heavy (non-hydrogen) atoms. The number of hydrogen-bond donors (Lipinski definition) is 4. The zero-order chi connectivity index (χ0) is 17.9. The van der Waals surface area contributed by atoms with Crippen LogP contribution in [0.15, 0.2) is 0 Å². The van der Waals surface area contributed by atoms with E-state index in [1.165, 1.54) is 0 Å². The fourth-order valence-corrected chi connectivity index (χ4v) is 2.15. The summed E-state index contributed by atoms with van der Waals surface area (Å²) in [5.41, 5.74) is -1.21. The molecule has 1 amide bonds. The molecule has 0 heterocycles. The molecule has 0 aliphatic rings. The smallest absolute Gasteiger partial charge is 0.407 e. The Labute approximate surface area is 139 Å². The molecule has 1 atom stereocenters. The number of carbonyl (C=O) groups is 1. The Morgan fingerprint density at radius 3 is 2.26 bits per heavy atom. The maximum absolute atomic E-state index is 11.6. The molecular weight excluding hydrogens is 300 g/mol. The number of aliphatic hydroxyl groups is 2. The van der Waals surface area contributed by atoms with Crippen LogP contribution in [-0.4, -0.2) is 67.0 Å². The molecule has 0 aliphatic carbocycles. The minimum Gasteiger partial charge on any atom is -0.444 e. The SMILES string of the molecule is CCC(CO)(CO)NC(CCCNC(=O)OC(C)(C)C)COC. The summed E-state index contributed by atoms with van der Waals surface area (Å²) in [5, 5.41) is 25.0. The molecule has 0 rings (SSSR count). The normalized spacial score (nSPS) is 13.7. The summed E-state index contributed by atoms with van der Waals surface area (Å²) >= 11 is 0. The zero-order valence-electron chi connectivity index (χ0n) is 15.1. The van der Waals surface area contributed by atoms with Gasteiger partial charge in [0.15, 0.2) is 0 Å². The van der Waals surface area contributed by atoms with Gasteiger partial charge in [-0.1, -0.05) is 6.92 Å². The van der Waals surface area contributed by atoms with Gasteiger partial charge in [-0.2, -0.15) is 0 Å². The second kappa shape index (κ2) is 10.8. The van der Waals surface area contributed by atoms with Crippen LogP contribution < -0.4 is 10.6 Å². The molecule has 0 bridgehead atoms. The number of ether oxygens (including phenoxy) is 2. The van der Waals surface area contributed by atoms with Gasteiger partial charge in [0.05, 0.1) is 25.4 Å². The highest BCUT2D eigenvalue weighted by Gasteiger charge is 2.29. The fourth-order valence-electron chi connectivity index (χ4n) is 2.15. The molecule has 0 saturated heterocycles. The van der Waals surface area contributed by atoms with Gasteiger partial charge in [-0.25, -0.2) is 4.79 Å². The molecule has 7 heteroatoms. The average molecular weight is 334 g/mol. The Bertz CT molecular complexity index is 319. The summed E-state index contributed by atoms with van der Waals surface area (Å²) in [4.78, 5) is 11.6. The number of hydrogen-bond acceptors (Lipinski definition) is 6. The van der Waals surface area contributed by atoms with Crippen LogP contribution in [-0.2, 0) is 9.47 Å². The van der Waals surface area contributed by atoms with Crippen LogP contribution in [0.4, 0.5) is 4.79 Å². The van der Waals surface area contributed by atoms with Gasteiger partial charge in [0, 0.05) is 19.7 Å². The molecule has 0 aliphatic heterocycles. The first-order chi connectivity index (χ1) is 10.7. The predicted molar refractivity (Wildman–Crippen MR) is 89.5 cm³/mol. The van der Waals surface area contributed by atoms with Gasteiger partial charge in [0.1, 0.15) is 5.60 Å². The topological polar surface area (TPSA) is 100 Å². The molecule has 0 radical (unpaired) electrons. The van der Waals surface area contributed by atoms with Gasteiger partial charge in [-0.3, -0.25) is 0 Å². The minimum absolute atomic E-state index is 0.0142. The van der Waals surface area contributed by atoms with Crippen molar-refractivity contribution in [2.24, 2.45) is 0 Å². The first kappa shape index (κ1) is 22.1. The third kappa shape index (κ3) is 9.76. The Morgan fingerprint density at radius 2 is 1.83 bits per heavy atom. The van der Waals surface area contributed by atoms with Gasteiger partial charge >= 0.3 is 6.09 Å². The van der Waals surface area contributed by atoms with E-state index >= 15 is 0 Å². The summed E-state index contributed by atoms with van der Waals surface area (Å²) in [5.74, 6) is 0. The quantitative estimate of drug-likeness (QED) is 0.421. The monoisotopic (exact) mass is 334 g/mol. The first-order valence-electron chi connectivity index (χ1n) is 8.17. The lowest BCUT2D eigenvalue weighted by atomic mass is 9.96. The van der Waals surface area contributed by atoms with Crippen molar-refractivity contribution in [2.75, 3.05) is 33.5 Å². The number of rotatable bonds is 11. The van der Waals surface area contributed by atoms with E-state index in [-0.39, 0.29) is 19.3 Å². The van der Waals surface area contributed by atoms with Gasteiger partial charge in [-0.05, 0) is 40.0 Å². The van der Waals surface area contributed by atoms with Crippen molar-refractivity contribution >= 4 is 6.09 Å². The third-order valence-corrected chi connectivity index (χ3v) is 3.56. The summed E-state index contributed by atoms with van der Waals surface area (Å²) in [7, 11) is 1.61. The minimum atomic E-state index is -0.707. The number of carbonyl (C=O) groups excluding carboxylic acids is 1. The summed E-state index contributed by atoms with van der Waals surface area (Å²) in [6.07, 6.45) is 1.65. The predicted octanol–water partition coefficient (Wildman–Crippen LogP) is 1.03. The fraction of sp³-hybridized carbons (Fsp3) is 0.938. The Kier molecular flexibility index (Phi) is 10.4. The van der Waals surface area contributed by atoms with Crippen LogP contribution in [0.5, 0.6) is 0 Å². The lowest BCUT2D eigenvalue weighted by molar-refractivity contribution is 0.0518. The molecule has 4 N–H and O–H groups in total. The van der Waals surface area contributed by atoms with Crippen molar-refractivity contribution in [1.82, 2.24) is 10.6 Å². The molecule has 0 spiro atoms. The summed E-state index contributed by atoms with van der Waals surface area (Å²) in [6, 6.07) is -0.0142. The van der Waals surface area contributed by atoms with Gasteiger partial charge < -0.3 is 30.3 Å². The van der Waals surface area contributed by atoms with Crippen molar-refractivity contribution in [3.05, 3.63) is 0 Å². The van der Waals surface area contributed by atoms with Crippen molar-refractivity contribution in [3.8, 4) is 0 Å². The zero-order valence-corrected chi connectivity index (χ0v) is 15.1. The van der Waals surface area contributed by atoms with Crippen molar-refractivity contribution in [1.29, 1.82) is 0 Å². The molecule has 0 aromatic carbocycles. The van der Waals surface area contributed by atoms with Crippen LogP contribution in [0, 0.1) is 0 Å². The maximum atomic E-state index is 11.6. The van der Waals surface area contributed by atoms with E-state index in [2.05, 4.69) is 10.6 Å². The average Bonchev–Trinajstić information content (AvgIpc) is 2.47. The van der Waals surface area contributed by atoms with Gasteiger partial charge in [0.2, 0.25) is 0 Å². The van der Waals surface area contributed by atoms with Gasteiger partial charge in [-0.15, -0.1) is 0 Å². The van der Waals surface area contributed by atoms with Crippen LogP contribution >= 0.6 is 0 Å². The summed E-state index contributed by atoms with van der Waals surface area (Å²) in [6.45, 7) is 8.04.